The smallest absolute Gasteiger partial charge is 0.280 e. The summed E-state index contributed by atoms with van der Waals surface area (Å²) in [4.78, 5) is 12.4. The van der Waals surface area contributed by atoms with Crippen LogP contribution in [-0.4, -0.2) is 11.6 Å². The number of anilines is 1. The molecule has 0 spiro atoms. The summed E-state index contributed by atoms with van der Waals surface area (Å²) in [5.41, 5.74) is 1.96. The van der Waals surface area contributed by atoms with Crippen LogP contribution in [0.1, 0.15) is 12.7 Å². The van der Waals surface area contributed by atoms with Crippen LogP contribution in [0.3, 0.4) is 0 Å². The molecule has 0 N–H and O–H groups in total. The maximum atomic E-state index is 12.4. The molecule has 0 radical (unpaired) electrons. The van der Waals surface area contributed by atoms with Gasteiger partial charge in [0, 0.05) is 4.47 Å². The van der Waals surface area contributed by atoms with Crippen molar-refractivity contribution in [1.29, 1.82) is 0 Å². The van der Waals surface area contributed by atoms with E-state index in [1.807, 2.05) is 31.2 Å². The number of amides is 1. The SMILES string of the molecule is CC1=NN(c2ccc(Br)cc2)C(=O)/C1=C/c1ccco1. The van der Waals surface area contributed by atoms with E-state index in [2.05, 4.69) is 21.0 Å². The lowest BCUT2D eigenvalue weighted by atomic mass is 10.1. The van der Waals surface area contributed by atoms with E-state index in [-0.39, 0.29) is 5.91 Å². The van der Waals surface area contributed by atoms with Crippen LogP contribution in [0, 0.1) is 0 Å². The van der Waals surface area contributed by atoms with Gasteiger partial charge < -0.3 is 4.42 Å². The Morgan fingerprint density at radius 2 is 2.00 bits per heavy atom. The number of hydrogen-bond donors (Lipinski definition) is 0. The van der Waals surface area contributed by atoms with Gasteiger partial charge in [0.1, 0.15) is 5.76 Å². The lowest BCUT2D eigenvalue weighted by molar-refractivity contribution is -0.114. The van der Waals surface area contributed by atoms with Gasteiger partial charge in [0.25, 0.3) is 5.91 Å². The van der Waals surface area contributed by atoms with Crippen LogP contribution in [0.15, 0.2) is 62.2 Å². The fourth-order valence-electron chi connectivity index (χ4n) is 1.96. The highest BCUT2D eigenvalue weighted by Crippen LogP contribution is 2.26. The number of benzene rings is 1. The summed E-state index contributed by atoms with van der Waals surface area (Å²) >= 11 is 3.37. The van der Waals surface area contributed by atoms with Gasteiger partial charge in [-0.3, -0.25) is 4.79 Å². The zero-order chi connectivity index (χ0) is 14.1. The number of furan rings is 1. The molecule has 4 nitrogen and oxygen atoms in total. The summed E-state index contributed by atoms with van der Waals surface area (Å²) in [7, 11) is 0. The molecule has 1 aromatic carbocycles. The molecule has 2 heterocycles. The van der Waals surface area contributed by atoms with E-state index in [9.17, 15) is 4.79 Å². The lowest BCUT2D eigenvalue weighted by Crippen LogP contribution is -2.21. The molecule has 0 saturated heterocycles. The number of nitrogens with zero attached hydrogens (tertiary/aromatic N) is 2. The van der Waals surface area contributed by atoms with Gasteiger partial charge in [-0.05, 0) is 49.4 Å². The first-order chi connectivity index (χ1) is 9.65. The van der Waals surface area contributed by atoms with Gasteiger partial charge in [0.2, 0.25) is 0 Å². The summed E-state index contributed by atoms with van der Waals surface area (Å²) in [6.45, 7) is 1.81. The molecular formula is C15H11BrN2O2. The zero-order valence-electron chi connectivity index (χ0n) is 10.7. The highest BCUT2D eigenvalue weighted by Gasteiger charge is 2.28. The van der Waals surface area contributed by atoms with E-state index in [0.717, 1.165) is 10.2 Å². The molecule has 1 aliphatic heterocycles. The third-order valence-electron chi connectivity index (χ3n) is 2.96. The number of carbonyl (C=O) groups excluding carboxylic acids is 1. The van der Waals surface area contributed by atoms with Gasteiger partial charge >= 0.3 is 0 Å². The number of rotatable bonds is 2. The third kappa shape index (κ3) is 2.32. The summed E-state index contributed by atoms with van der Waals surface area (Å²) in [5.74, 6) is 0.488. The molecule has 20 heavy (non-hydrogen) atoms. The highest BCUT2D eigenvalue weighted by atomic mass is 79.9. The Balaban J connectivity index is 1.94. The summed E-state index contributed by atoms with van der Waals surface area (Å²) in [5, 5.41) is 5.71. The van der Waals surface area contributed by atoms with Gasteiger partial charge in [-0.2, -0.15) is 10.1 Å². The Bertz CT molecular complexity index is 700. The van der Waals surface area contributed by atoms with Crippen molar-refractivity contribution in [3.63, 3.8) is 0 Å². The van der Waals surface area contributed by atoms with E-state index in [4.69, 9.17) is 4.42 Å². The summed E-state index contributed by atoms with van der Waals surface area (Å²) in [6.07, 6.45) is 3.28. The molecule has 1 amide bonds. The quantitative estimate of drug-likeness (QED) is 0.785. The first kappa shape index (κ1) is 12.9. The molecule has 1 aromatic heterocycles. The van der Waals surface area contributed by atoms with Crippen LogP contribution in [0.2, 0.25) is 0 Å². The molecule has 100 valence electrons. The first-order valence-corrected chi connectivity index (χ1v) is 6.85. The van der Waals surface area contributed by atoms with E-state index in [0.29, 0.717) is 17.0 Å². The fourth-order valence-corrected chi connectivity index (χ4v) is 2.22. The van der Waals surface area contributed by atoms with Crippen molar-refractivity contribution < 1.29 is 9.21 Å². The second-order valence-corrected chi connectivity index (χ2v) is 5.27. The normalized spacial score (nSPS) is 16.9. The number of carbonyl (C=O) groups is 1. The molecular weight excluding hydrogens is 320 g/mol. The molecule has 0 bridgehead atoms. The van der Waals surface area contributed by atoms with Gasteiger partial charge in [0.05, 0.1) is 23.2 Å². The molecule has 0 aliphatic carbocycles. The Kier molecular flexibility index (Phi) is 3.28. The molecule has 0 unspecified atom stereocenters. The minimum Gasteiger partial charge on any atom is -0.465 e. The predicted molar refractivity (Wildman–Crippen MR) is 81.4 cm³/mol. The second-order valence-electron chi connectivity index (χ2n) is 4.35. The van der Waals surface area contributed by atoms with Crippen LogP contribution in [-0.2, 0) is 4.79 Å². The van der Waals surface area contributed by atoms with Crippen LogP contribution < -0.4 is 5.01 Å². The minimum absolute atomic E-state index is 0.152. The maximum Gasteiger partial charge on any atom is 0.280 e. The lowest BCUT2D eigenvalue weighted by Gasteiger charge is -2.11. The molecule has 3 rings (SSSR count). The van der Waals surface area contributed by atoms with Crippen molar-refractivity contribution >= 4 is 39.3 Å². The van der Waals surface area contributed by atoms with Crippen molar-refractivity contribution in [2.45, 2.75) is 6.92 Å². The van der Waals surface area contributed by atoms with Crippen molar-refractivity contribution in [2.24, 2.45) is 5.10 Å². The minimum atomic E-state index is -0.152. The Morgan fingerprint density at radius 1 is 1.25 bits per heavy atom. The first-order valence-electron chi connectivity index (χ1n) is 6.06. The number of halogens is 1. The fraction of sp³-hybridized carbons (Fsp3) is 0.0667. The van der Waals surface area contributed by atoms with Crippen LogP contribution in [0.4, 0.5) is 5.69 Å². The van der Waals surface area contributed by atoms with E-state index >= 15 is 0 Å². The molecule has 0 atom stereocenters. The summed E-state index contributed by atoms with van der Waals surface area (Å²) in [6, 6.07) is 11.0. The summed E-state index contributed by atoms with van der Waals surface area (Å²) < 4.78 is 6.20. The monoisotopic (exact) mass is 330 g/mol. The third-order valence-corrected chi connectivity index (χ3v) is 3.49. The standard InChI is InChI=1S/C15H11BrN2O2/c1-10-14(9-13-3-2-8-20-13)15(19)18(17-10)12-6-4-11(16)5-7-12/h2-9H,1H3/b14-9+. The van der Waals surface area contributed by atoms with Crippen molar-refractivity contribution in [3.05, 3.63) is 58.5 Å². The largest absolute Gasteiger partial charge is 0.465 e. The molecule has 1 aliphatic rings. The van der Waals surface area contributed by atoms with Crippen LogP contribution >= 0.6 is 15.9 Å². The second kappa shape index (κ2) is 5.09. The van der Waals surface area contributed by atoms with Gasteiger partial charge in [-0.25, -0.2) is 0 Å². The highest BCUT2D eigenvalue weighted by molar-refractivity contribution is 9.10. The maximum absolute atomic E-state index is 12.4. The van der Waals surface area contributed by atoms with Crippen molar-refractivity contribution in [3.8, 4) is 0 Å². The Morgan fingerprint density at radius 3 is 2.65 bits per heavy atom. The van der Waals surface area contributed by atoms with E-state index < -0.39 is 0 Å². The zero-order valence-corrected chi connectivity index (χ0v) is 12.3. The molecule has 5 heteroatoms. The average molecular weight is 331 g/mol. The van der Waals surface area contributed by atoms with E-state index in [1.54, 1.807) is 24.5 Å². The molecule has 0 fully saturated rings. The Hall–Kier alpha value is -2.14. The Labute approximate surface area is 124 Å². The van der Waals surface area contributed by atoms with Gasteiger partial charge in [0.15, 0.2) is 0 Å². The number of hydrogen-bond acceptors (Lipinski definition) is 3. The average Bonchev–Trinajstić information content (AvgIpc) is 3.04. The van der Waals surface area contributed by atoms with Crippen LogP contribution in [0.25, 0.3) is 6.08 Å². The van der Waals surface area contributed by atoms with Crippen LogP contribution in [0.5, 0.6) is 0 Å². The molecule has 0 saturated carbocycles. The van der Waals surface area contributed by atoms with E-state index in [1.165, 1.54) is 5.01 Å². The van der Waals surface area contributed by atoms with Gasteiger partial charge in [-0.1, -0.05) is 15.9 Å². The topological polar surface area (TPSA) is 45.8 Å². The van der Waals surface area contributed by atoms with Crippen molar-refractivity contribution in [2.75, 3.05) is 5.01 Å². The molecule has 2 aromatic rings. The van der Waals surface area contributed by atoms with Gasteiger partial charge in [-0.15, -0.1) is 0 Å². The number of hydrazone groups is 1. The predicted octanol–water partition coefficient (Wildman–Crippen LogP) is 3.85. The van der Waals surface area contributed by atoms with Crippen molar-refractivity contribution in [1.82, 2.24) is 0 Å².